The van der Waals surface area contributed by atoms with Crippen molar-refractivity contribution in [3.8, 4) is 10.7 Å². The molecule has 8 heteroatoms. The molecule has 0 radical (unpaired) electrons. The second kappa shape index (κ2) is 6.38. The Hall–Kier alpha value is -2.58. The van der Waals surface area contributed by atoms with Gasteiger partial charge in [0, 0.05) is 21.6 Å². The standard InChI is InChI=1S/C17H11BrN4O2S/c1-9-11-8-10(18)5-6-13(11)24-14(9)15(23)20-17-22-21-16(25-17)12-4-2-3-7-19-12/h2-8H,1H3,(H,20,22,23). The number of anilines is 1. The molecule has 6 nitrogen and oxygen atoms in total. The predicted molar refractivity (Wildman–Crippen MR) is 99.7 cm³/mol. The first kappa shape index (κ1) is 15.9. The number of pyridine rings is 1. The Morgan fingerprint density at radius 1 is 1.24 bits per heavy atom. The van der Waals surface area contributed by atoms with Crippen molar-refractivity contribution in [1.82, 2.24) is 15.2 Å². The quantitative estimate of drug-likeness (QED) is 0.526. The summed E-state index contributed by atoms with van der Waals surface area (Å²) in [5.74, 6) is -0.0868. The number of hydrogen-bond acceptors (Lipinski definition) is 6. The van der Waals surface area contributed by atoms with E-state index in [1.807, 2.05) is 43.3 Å². The van der Waals surface area contributed by atoms with E-state index < -0.39 is 0 Å². The van der Waals surface area contributed by atoms with Crippen molar-refractivity contribution >= 4 is 49.3 Å². The molecule has 0 saturated heterocycles. The normalized spacial score (nSPS) is 11.0. The Morgan fingerprint density at radius 3 is 2.92 bits per heavy atom. The molecule has 124 valence electrons. The van der Waals surface area contributed by atoms with Crippen molar-refractivity contribution < 1.29 is 9.21 Å². The van der Waals surface area contributed by atoms with Crippen LogP contribution in [0.25, 0.3) is 21.7 Å². The third-order valence-corrected chi connectivity index (χ3v) is 4.99. The molecule has 0 spiro atoms. The minimum Gasteiger partial charge on any atom is -0.451 e. The fourth-order valence-electron chi connectivity index (χ4n) is 2.43. The molecular weight excluding hydrogens is 404 g/mol. The summed E-state index contributed by atoms with van der Waals surface area (Å²) < 4.78 is 6.62. The Morgan fingerprint density at radius 2 is 2.12 bits per heavy atom. The molecule has 1 aromatic carbocycles. The molecule has 0 unspecified atom stereocenters. The van der Waals surface area contributed by atoms with Gasteiger partial charge in [-0.05, 0) is 37.3 Å². The third-order valence-electron chi connectivity index (χ3n) is 3.63. The van der Waals surface area contributed by atoms with Crippen LogP contribution < -0.4 is 5.32 Å². The first-order valence-electron chi connectivity index (χ1n) is 7.37. The fraction of sp³-hybridized carbons (Fsp3) is 0.0588. The number of carbonyl (C=O) groups excluding carboxylic acids is 1. The van der Waals surface area contributed by atoms with Crippen molar-refractivity contribution in [1.29, 1.82) is 0 Å². The molecule has 1 N–H and O–H groups in total. The van der Waals surface area contributed by atoms with Crippen LogP contribution in [0.15, 0.2) is 51.5 Å². The van der Waals surface area contributed by atoms with Gasteiger partial charge < -0.3 is 4.42 Å². The highest BCUT2D eigenvalue weighted by atomic mass is 79.9. The van der Waals surface area contributed by atoms with E-state index >= 15 is 0 Å². The number of amides is 1. The van der Waals surface area contributed by atoms with Crippen LogP contribution in [0.1, 0.15) is 16.1 Å². The predicted octanol–water partition coefficient (Wildman–Crippen LogP) is 4.67. The number of benzene rings is 1. The van der Waals surface area contributed by atoms with Gasteiger partial charge in [0.25, 0.3) is 5.91 Å². The van der Waals surface area contributed by atoms with Gasteiger partial charge in [0.05, 0.1) is 0 Å². The van der Waals surface area contributed by atoms with E-state index in [1.54, 1.807) is 6.20 Å². The summed E-state index contributed by atoms with van der Waals surface area (Å²) in [4.78, 5) is 16.8. The third kappa shape index (κ3) is 3.06. The highest BCUT2D eigenvalue weighted by Crippen LogP contribution is 2.29. The van der Waals surface area contributed by atoms with E-state index in [2.05, 4.69) is 36.4 Å². The summed E-state index contributed by atoms with van der Waals surface area (Å²) in [6.07, 6.45) is 1.69. The zero-order chi connectivity index (χ0) is 17.4. The number of nitrogens with one attached hydrogen (secondary N) is 1. The molecule has 3 heterocycles. The van der Waals surface area contributed by atoms with Gasteiger partial charge >= 0.3 is 0 Å². The molecule has 25 heavy (non-hydrogen) atoms. The van der Waals surface area contributed by atoms with Gasteiger partial charge in [-0.15, -0.1) is 10.2 Å². The molecule has 0 aliphatic rings. The largest absolute Gasteiger partial charge is 0.451 e. The summed E-state index contributed by atoms with van der Waals surface area (Å²) in [6.45, 7) is 1.85. The molecule has 0 aliphatic heterocycles. The molecule has 0 saturated carbocycles. The highest BCUT2D eigenvalue weighted by Gasteiger charge is 2.19. The van der Waals surface area contributed by atoms with E-state index in [0.29, 0.717) is 21.4 Å². The maximum Gasteiger partial charge on any atom is 0.293 e. The van der Waals surface area contributed by atoms with E-state index in [1.165, 1.54) is 11.3 Å². The molecule has 0 atom stereocenters. The van der Waals surface area contributed by atoms with Crippen molar-refractivity contribution in [3.05, 3.63) is 58.4 Å². The number of nitrogens with zero attached hydrogens (tertiary/aromatic N) is 3. The summed E-state index contributed by atoms with van der Waals surface area (Å²) in [5.41, 5.74) is 2.16. The second-order valence-corrected chi connectivity index (χ2v) is 7.17. The van der Waals surface area contributed by atoms with Crippen molar-refractivity contribution in [3.63, 3.8) is 0 Å². The van der Waals surface area contributed by atoms with Gasteiger partial charge in [0.2, 0.25) is 5.13 Å². The minimum absolute atomic E-state index is 0.266. The number of rotatable bonds is 3. The van der Waals surface area contributed by atoms with Gasteiger partial charge in [0.1, 0.15) is 11.3 Å². The molecular formula is C17H11BrN4O2S. The number of aromatic nitrogens is 3. The molecule has 4 aromatic rings. The van der Waals surface area contributed by atoms with Gasteiger partial charge in [-0.2, -0.15) is 0 Å². The van der Waals surface area contributed by atoms with Crippen LogP contribution in [0.5, 0.6) is 0 Å². The number of fused-ring (bicyclic) bond motifs is 1. The topological polar surface area (TPSA) is 80.9 Å². The van der Waals surface area contributed by atoms with Gasteiger partial charge in [-0.1, -0.05) is 33.3 Å². The molecule has 0 aliphatic carbocycles. The van der Waals surface area contributed by atoms with Crippen LogP contribution in [-0.2, 0) is 0 Å². The highest BCUT2D eigenvalue weighted by molar-refractivity contribution is 9.10. The van der Waals surface area contributed by atoms with Gasteiger partial charge in [-0.25, -0.2) is 0 Å². The SMILES string of the molecule is Cc1c(C(=O)Nc2nnc(-c3ccccn3)s2)oc2ccc(Br)cc12. The lowest BCUT2D eigenvalue weighted by Gasteiger charge is -1.98. The average Bonchev–Trinajstić information content (AvgIpc) is 3.21. The molecule has 0 fully saturated rings. The van der Waals surface area contributed by atoms with E-state index in [0.717, 1.165) is 15.4 Å². The number of aryl methyl sites for hydroxylation is 1. The smallest absolute Gasteiger partial charge is 0.293 e. The van der Waals surface area contributed by atoms with Crippen LogP contribution in [0.2, 0.25) is 0 Å². The zero-order valence-corrected chi connectivity index (χ0v) is 15.4. The maximum atomic E-state index is 12.5. The Balaban J connectivity index is 1.61. The van der Waals surface area contributed by atoms with E-state index in [9.17, 15) is 4.79 Å². The summed E-state index contributed by atoms with van der Waals surface area (Å²) >= 11 is 4.69. The average molecular weight is 415 g/mol. The van der Waals surface area contributed by atoms with Gasteiger partial charge in [0.15, 0.2) is 10.8 Å². The van der Waals surface area contributed by atoms with Crippen LogP contribution in [0.3, 0.4) is 0 Å². The Labute approximate surface area is 155 Å². The van der Waals surface area contributed by atoms with E-state index in [-0.39, 0.29) is 11.7 Å². The fourth-order valence-corrected chi connectivity index (χ4v) is 3.51. The monoisotopic (exact) mass is 414 g/mol. The van der Waals surface area contributed by atoms with E-state index in [4.69, 9.17) is 4.42 Å². The lowest BCUT2D eigenvalue weighted by atomic mass is 10.1. The molecule has 3 aromatic heterocycles. The molecule has 0 bridgehead atoms. The van der Waals surface area contributed by atoms with Crippen molar-refractivity contribution in [2.45, 2.75) is 6.92 Å². The second-order valence-electron chi connectivity index (χ2n) is 5.28. The number of furan rings is 1. The molecule has 4 rings (SSSR count). The summed E-state index contributed by atoms with van der Waals surface area (Å²) in [7, 11) is 0. The lowest BCUT2D eigenvalue weighted by molar-refractivity contribution is 0.0998. The first-order chi connectivity index (χ1) is 12.1. The van der Waals surface area contributed by atoms with Crippen LogP contribution >= 0.6 is 27.3 Å². The lowest BCUT2D eigenvalue weighted by Crippen LogP contribution is -2.11. The van der Waals surface area contributed by atoms with Crippen LogP contribution in [-0.4, -0.2) is 21.1 Å². The van der Waals surface area contributed by atoms with Crippen LogP contribution in [0, 0.1) is 6.92 Å². The van der Waals surface area contributed by atoms with Crippen molar-refractivity contribution in [2.24, 2.45) is 0 Å². The van der Waals surface area contributed by atoms with Gasteiger partial charge in [-0.3, -0.25) is 15.1 Å². The maximum absolute atomic E-state index is 12.5. The number of halogens is 1. The van der Waals surface area contributed by atoms with Crippen molar-refractivity contribution in [2.75, 3.05) is 5.32 Å². The zero-order valence-electron chi connectivity index (χ0n) is 13.0. The number of hydrogen-bond donors (Lipinski definition) is 1. The Kier molecular flexibility index (Phi) is 4.06. The first-order valence-corrected chi connectivity index (χ1v) is 8.97. The molecule has 1 amide bonds. The minimum atomic E-state index is -0.353. The summed E-state index contributed by atoms with van der Waals surface area (Å²) in [6, 6.07) is 11.2. The number of carbonyl (C=O) groups is 1. The Bertz CT molecular complexity index is 1070. The summed E-state index contributed by atoms with van der Waals surface area (Å²) in [5, 5.41) is 12.7. The van der Waals surface area contributed by atoms with Crippen LogP contribution in [0.4, 0.5) is 5.13 Å².